The Morgan fingerprint density at radius 2 is 1.84 bits per heavy atom. The van der Waals surface area contributed by atoms with Gasteiger partial charge in [0, 0.05) is 17.8 Å². The summed E-state index contributed by atoms with van der Waals surface area (Å²) in [5, 5.41) is 17.7. The number of hydrogen-bond acceptors (Lipinski definition) is 7. The first-order chi connectivity index (χ1) is 15.4. The normalized spacial score (nSPS) is 10.6. The fraction of sp³-hybridized carbons (Fsp3) is 0.130. The number of rotatable bonds is 9. The van der Waals surface area contributed by atoms with Crippen molar-refractivity contribution in [2.45, 2.75) is 6.92 Å². The van der Waals surface area contributed by atoms with Crippen molar-refractivity contribution in [2.24, 2.45) is 5.10 Å². The number of hydrogen-bond donors (Lipinski definition) is 2. The molecule has 0 fully saturated rings. The quantitative estimate of drug-likeness (QED) is 0.293. The number of ether oxygens (including phenoxy) is 2. The van der Waals surface area contributed by atoms with E-state index >= 15 is 0 Å². The lowest BCUT2D eigenvalue weighted by atomic mass is 10.2. The van der Waals surface area contributed by atoms with Crippen LogP contribution >= 0.6 is 0 Å². The highest BCUT2D eigenvalue weighted by molar-refractivity contribution is 5.92. The third-order valence-corrected chi connectivity index (χ3v) is 4.35. The largest absolute Gasteiger partial charge is 0.493 e. The standard InChI is InChI=1S/C23H22N4O5/c1-16-6-9-18(10-7-16)25-23(28)15-32-21-11-8-17(12-22(21)31-2)14-24-26-19-4-3-5-20(13-19)27(29)30/h3-14,26H,15H2,1-2H3,(H,25,28). The number of benzene rings is 3. The van der Waals surface area contributed by atoms with Crippen molar-refractivity contribution in [1.82, 2.24) is 0 Å². The molecule has 0 heterocycles. The van der Waals surface area contributed by atoms with Crippen LogP contribution < -0.4 is 20.2 Å². The average molecular weight is 434 g/mol. The second-order valence-electron chi connectivity index (χ2n) is 6.79. The number of nitrogens with zero attached hydrogens (tertiary/aromatic N) is 2. The highest BCUT2D eigenvalue weighted by Gasteiger charge is 2.09. The number of methoxy groups -OCH3 is 1. The Balaban J connectivity index is 1.58. The highest BCUT2D eigenvalue weighted by Crippen LogP contribution is 2.27. The van der Waals surface area contributed by atoms with Gasteiger partial charge in [0.05, 0.1) is 23.9 Å². The molecular weight excluding hydrogens is 412 g/mol. The third kappa shape index (κ3) is 6.30. The molecule has 3 aromatic rings. The van der Waals surface area contributed by atoms with Gasteiger partial charge in [0.25, 0.3) is 11.6 Å². The molecule has 164 valence electrons. The molecule has 3 rings (SSSR count). The van der Waals surface area contributed by atoms with Crippen molar-refractivity contribution in [3.8, 4) is 11.5 Å². The molecule has 0 saturated heterocycles. The smallest absolute Gasteiger partial charge is 0.271 e. The number of nitro benzene ring substituents is 1. The summed E-state index contributed by atoms with van der Waals surface area (Å²) in [5.74, 6) is 0.561. The van der Waals surface area contributed by atoms with Gasteiger partial charge < -0.3 is 14.8 Å². The Morgan fingerprint density at radius 1 is 1.06 bits per heavy atom. The van der Waals surface area contributed by atoms with Gasteiger partial charge in [-0.1, -0.05) is 23.8 Å². The van der Waals surface area contributed by atoms with Gasteiger partial charge in [-0.3, -0.25) is 20.3 Å². The van der Waals surface area contributed by atoms with Crippen molar-refractivity contribution in [3.05, 3.63) is 88.0 Å². The molecule has 0 aromatic heterocycles. The van der Waals surface area contributed by atoms with E-state index in [0.29, 0.717) is 28.4 Å². The van der Waals surface area contributed by atoms with Gasteiger partial charge in [0.15, 0.2) is 18.1 Å². The van der Waals surface area contributed by atoms with E-state index in [-0.39, 0.29) is 18.2 Å². The zero-order valence-corrected chi connectivity index (χ0v) is 17.6. The van der Waals surface area contributed by atoms with E-state index in [9.17, 15) is 14.9 Å². The first kappa shape index (κ1) is 22.3. The van der Waals surface area contributed by atoms with Gasteiger partial charge in [0.2, 0.25) is 0 Å². The molecule has 0 aliphatic heterocycles. The van der Waals surface area contributed by atoms with E-state index in [1.165, 1.54) is 25.5 Å². The number of nitrogens with one attached hydrogen (secondary N) is 2. The Hall–Kier alpha value is -4.40. The highest BCUT2D eigenvalue weighted by atomic mass is 16.6. The number of hydrazone groups is 1. The van der Waals surface area contributed by atoms with Gasteiger partial charge in [-0.2, -0.15) is 5.10 Å². The summed E-state index contributed by atoms with van der Waals surface area (Å²) in [4.78, 5) is 22.5. The predicted molar refractivity (Wildman–Crippen MR) is 123 cm³/mol. The lowest BCUT2D eigenvalue weighted by Crippen LogP contribution is -2.20. The minimum absolute atomic E-state index is 0.0280. The molecule has 1 amide bonds. The van der Waals surface area contributed by atoms with Crippen molar-refractivity contribution in [2.75, 3.05) is 24.5 Å². The molecule has 0 unspecified atom stereocenters. The van der Waals surface area contributed by atoms with Gasteiger partial charge in [-0.15, -0.1) is 0 Å². The number of non-ortho nitro benzene ring substituents is 1. The fourth-order valence-corrected chi connectivity index (χ4v) is 2.73. The monoisotopic (exact) mass is 434 g/mol. The molecule has 9 heteroatoms. The van der Waals surface area contributed by atoms with E-state index in [1.807, 2.05) is 31.2 Å². The van der Waals surface area contributed by atoms with Crippen LogP contribution in [0.1, 0.15) is 11.1 Å². The third-order valence-electron chi connectivity index (χ3n) is 4.35. The van der Waals surface area contributed by atoms with E-state index in [2.05, 4.69) is 15.8 Å². The summed E-state index contributed by atoms with van der Waals surface area (Å²) in [5.41, 5.74) is 5.71. The summed E-state index contributed by atoms with van der Waals surface area (Å²) < 4.78 is 10.9. The van der Waals surface area contributed by atoms with Crippen LogP contribution in [0, 0.1) is 17.0 Å². The van der Waals surface area contributed by atoms with Crippen LogP contribution in [0.3, 0.4) is 0 Å². The van der Waals surface area contributed by atoms with Crippen molar-refractivity contribution in [1.29, 1.82) is 0 Å². The lowest BCUT2D eigenvalue weighted by Gasteiger charge is -2.11. The maximum Gasteiger partial charge on any atom is 0.271 e. The van der Waals surface area contributed by atoms with Crippen LogP contribution in [0.4, 0.5) is 17.1 Å². The van der Waals surface area contributed by atoms with E-state index in [0.717, 1.165) is 5.56 Å². The molecule has 0 aliphatic rings. The molecule has 32 heavy (non-hydrogen) atoms. The minimum Gasteiger partial charge on any atom is -0.493 e. The van der Waals surface area contributed by atoms with Gasteiger partial charge in [0.1, 0.15) is 0 Å². The van der Waals surface area contributed by atoms with Crippen LogP contribution in [-0.4, -0.2) is 30.8 Å². The summed E-state index contributed by atoms with van der Waals surface area (Å²) in [6.45, 7) is 1.80. The van der Waals surface area contributed by atoms with Gasteiger partial charge in [-0.25, -0.2) is 0 Å². The van der Waals surface area contributed by atoms with E-state index in [4.69, 9.17) is 9.47 Å². The van der Waals surface area contributed by atoms with Gasteiger partial charge in [-0.05, 0) is 48.9 Å². The number of carbonyl (C=O) groups is 1. The van der Waals surface area contributed by atoms with Crippen molar-refractivity contribution in [3.63, 3.8) is 0 Å². The van der Waals surface area contributed by atoms with Crippen LogP contribution in [0.2, 0.25) is 0 Å². The molecule has 9 nitrogen and oxygen atoms in total. The number of anilines is 2. The summed E-state index contributed by atoms with van der Waals surface area (Å²) in [6.07, 6.45) is 1.54. The first-order valence-corrected chi connectivity index (χ1v) is 9.65. The maximum absolute atomic E-state index is 12.1. The molecule has 3 aromatic carbocycles. The number of carbonyl (C=O) groups excluding carboxylic acids is 1. The topological polar surface area (TPSA) is 115 Å². The van der Waals surface area contributed by atoms with E-state index < -0.39 is 4.92 Å². The number of amides is 1. The van der Waals surface area contributed by atoms with Crippen LogP contribution in [0.25, 0.3) is 0 Å². The molecule has 0 atom stereocenters. The molecule has 0 spiro atoms. The first-order valence-electron chi connectivity index (χ1n) is 9.65. The SMILES string of the molecule is COc1cc(C=NNc2cccc([N+](=O)[O-])c2)ccc1OCC(=O)Nc1ccc(C)cc1. The Morgan fingerprint density at radius 3 is 2.56 bits per heavy atom. The second kappa shape index (κ2) is 10.6. The molecule has 0 aliphatic carbocycles. The Bertz CT molecular complexity index is 1130. The van der Waals surface area contributed by atoms with Crippen molar-refractivity contribution < 1.29 is 19.2 Å². The number of nitro groups is 1. The summed E-state index contributed by atoms with van der Waals surface area (Å²) >= 11 is 0. The fourth-order valence-electron chi connectivity index (χ4n) is 2.73. The van der Waals surface area contributed by atoms with Crippen LogP contribution in [0.15, 0.2) is 71.8 Å². The maximum atomic E-state index is 12.1. The molecule has 2 N–H and O–H groups in total. The number of aryl methyl sites for hydroxylation is 1. The molecule has 0 radical (unpaired) electrons. The summed E-state index contributed by atoms with van der Waals surface area (Å²) in [7, 11) is 1.50. The zero-order valence-electron chi connectivity index (χ0n) is 17.6. The predicted octanol–water partition coefficient (Wildman–Crippen LogP) is 4.38. The molecule has 0 bridgehead atoms. The van der Waals surface area contributed by atoms with Crippen molar-refractivity contribution >= 4 is 29.2 Å². The Kier molecular flexibility index (Phi) is 7.37. The minimum atomic E-state index is -0.473. The van der Waals surface area contributed by atoms with Crippen LogP contribution in [0.5, 0.6) is 11.5 Å². The Labute approximate surface area is 184 Å². The zero-order chi connectivity index (χ0) is 22.9. The van der Waals surface area contributed by atoms with Gasteiger partial charge >= 0.3 is 0 Å². The van der Waals surface area contributed by atoms with Crippen LogP contribution in [-0.2, 0) is 4.79 Å². The average Bonchev–Trinajstić information content (AvgIpc) is 2.79. The van der Waals surface area contributed by atoms with E-state index in [1.54, 1.807) is 30.3 Å². The lowest BCUT2D eigenvalue weighted by molar-refractivity contribution is -0.384. The summed E-state index contributed by atoms with van der Waals surface area (Å²) in [6, 6.07) is 18.6. The molecule has 0 saturated carbocycles. The molecular formula is C23H22N4O5. The second-order valence-corrected chi connectivity index (χ2v) is 6.79.